The van der Waals surface area contributed by atoms with Crippen LogP contribution >= 0.6 is 0 Å². The third-order valence-electron chi connectivity index (χ3n) is 2.69. The van der Waals surface area contributed by atoms with Gasteiger partial charge in [0.05, 0.1) is 5.56 Å². The number of primary amides is 1. The van der Waals surface area contributed by atoms with Gasteiger partial charge < -0.3 is 15.3 Å². The average molecular weight is 282 g/mol. The molecule has 0 aliphatic rings. The van der Waals surface area contributed by atoms with E-state index in [1.54, 1.807) is 30.3 Å². The Balaban J connectivity index is 2.37. The molecule has 0 aliphatic heterocycles. The maximum absolute atomic E-state index is 11.0. The second-order valence-electron chi connectivity index (χ2n) is 4.12. The van der Waals surface area contributed by atoms with Gasteiger partial charge >= 0.3 is 5.97 Å². The lowest BCUT2D eigenvalue weighted by molar-refractivity contribution is -0.114. The van der Waals surface area contributed by atoms with Crippen molar-refractivity contribution in [2.24, 2.45) is 5.73 Å². The van der Waals surface area contributed by atoms with Crippen molar-refractivity contribution >= 4 is 18.0 Å². The first-order chi connectivity index (χ1) is 10.0. The summed E-state index contributed by atoms with van der Waals surface area (Å²) in [5.74, 6) is -1.18. The zero-order valence-electron chi connectivity index (χ0n) is 10.7. The zero-order valence-corrected chi connectivity index (χ0v) is 10.7. The standard InChI is InChI=1S/C15H10N2O4/c16-8-11(14(17)18)7-12-4-5-13(21-12)9-2-1-3-10(6-9)15(19)20/h1-7H,(H2,17,18)(H,19,20)/b11-7+. The van der Waals surface area contributed by atoms with Crippen molar-refractivity contribution < 1.29 is 19.1 Å². The Morgan fingerprint density at radius 2 is 2.05 bits per heavy atom. The lowest BCUT2D eigenvalue weighted by Gasteiger charge is -1.99. The molecule has 0 radical (unpaired) electrons. The van der Waals surface area contributed by atoms with Crippen LogP contribution in [0.2, 0.25) is 0 Å². The fourth-order valence-corrected chi connectivity index (χ4v) is 1.69. The number of carboxylic acid groups (broad SMARTS) is 1. The second kappa shape index (κ2) is 5.75. The second-order valence-corrected chi connectivity index (χ2v) is 4.12. The van der Waals surface area contributed by atoms with Crippen LogP contribution in [-0.2, 0) is 4.79 Å². The molecular formula is C15H10N2O4. The Bertz CT molecular complexity index is 781. The monoisotopic (exact) mass is 282 g/mol. The van der Waals surface area contributed by atoms with Crippen LogP contribution in [0, 0.1) is 11.3 Å². The SMILES string of the molecule is N#C/C(=C\c1ccc(-c2cccc(C(=O)O)c2)o1)C(N)=O. The predicted molar refractivity (Wildman–Crippen MR) is 73.9 cm³/mol. The molecule has 2 aromatic rings. The van der Waals surface area contributed by atoms with Crippen molar-refractivity contribution in [1.29, 1.82) is 5.26 Å². The summed E-state index contributed by atoms with van der Waals surface area (Å²) in [4.78, 5) is 21.9. The van der Waals surface area contributed by atoms with Crippen LogP contribution in [0.5, 0.6) is 0 Å². The highest BCUT2D eigenvalue weighted by Crippen LogP contribution is 2.24. The Kier molecular flexibility index (Phi) is 3.86. The molecule has 0 saturated heterocycles. The summed E-state index contributed by atoms with van der Waals surface area (Å²) in [6.45, 7) is 0. The highest BCUT2D eigenvalue weighted by atomic mass is 16.4. The van der Waals surface area contributed by atoms with Gasteiger partial charge in [-0.15, -0.1) is 0 Å². The van der Waals surface area contributed by atoms with Crippen molar-refractivity contribution in [2.75, 3.05) is 0 Å². The molecule has 0 unspecified atom stereocenters. The van der Waals surface area contributed by atoms with Crippen LogP contribution in [-0.4, -0.2) is 17.0 Å². The number of benzene rings is 1. The van der Waals surface area contributed by atoms with Crippen LogP contribution in [0.15, 0.2) is 46.4 Å². The first kappa shape index (κ1) is 14.1. The first-order valence-electron chi connectivity index (χ1n) is 5.86. The predicted octanol–water partition coefficient (Wildman–Crippen LogP) is 2.04. The molecule has 0 bridgehead atoms. The summed E-state index contributed by atoms with van der Waals surface area (Å²) >= 11 is 0. The number of carbonyl (C=O) groups is 2. The summed E-state index contributed by atoms with van der Waals surface area (Å²) < 4.78 is 5.46. The van der Waals surface area contributed by atoms with E-state index >= 15 is 0 Å². The van der Waals surface area contributed by atoms with E-state index in [1.807, 2.05) is 0 Å². The quantitative estimate of drug-likeness (QED) is 0.657. The van der Waals surface area contributed by atoms with E-state index in [2.05, 4.69) is 0 Å². The maximum Gasteiger partial charge on any atom is 0.335 e. The highest BCUT2D eigenvalue weighted by Gasteiger charge is 2.09. The maximum atomic E-state index is 11.0. The molecule has 2 rings (SSSR count). The average Bonchev–Trinajstić information content (AvgIpc) is 2.93. The van der Waals surface area contributed by atoms with Crippen LogP contribution in [0.1, 0.15) is 16.1 Å². The van der Waals surface area contributed by atoms with Gasteiger partial charge in [0.1, 0.15) is 23.2 Å². The smallest absolute Gasteiger partial charge is 0.335 e. The minimum absolute atomic E-state index is 0.135. The van der Waals surface area contributed by atoms with E-state index in [9.17, 15) is 9.59 Å². The van der Waals surface area contributed by atoms with Gasteiger partial charge in [-0.25, -0.2) is 4.79 Å². The number of amides is 1. The molecule has 0 atom stereocenters. The summed E-state index contributed by atoms with van der Waals surface area (Å²) in [6.07, 6.45) is 1.23. The number of nitrogens with two attached hydrogens (primary N) is 1. The zero-order chi connectivity index (χ0) is 15.4. The van der Waals surface area contributed by atoms with Crippen LogP contribution in [0.25, 0.3) is 17.4 Å². The molecule has 1 aromatic carbocycles. The molecule has 6 heteroatoms. The van der Waals surface area contributed by atoms with E-state index in [4.69, 9.17) is 20.5 Å². The minimum atomic E-state index is -1.04. The molecule has 21 heavy (non-hydrogen) atoms. The Labute approximate surface area is 119 Å². The van der Waals surface area contributed by atoms with Gasteiger partial charge in [0, 0.05) is 11.6 Å². The summed E-state index contributed by atoms with van der Waals surface area (Å²) in [6, 6.07) is 11.1. The lowest BCUT2D eigenvalue weighted by atomic mass is 10.1. The van der Waals surface area contributed by atoms with Gasteiger partial charge in [-0.1, -0.05) is 12.1 Å². The molecule has 1 heterocycles. The van der Waals surface area contributed by atoms with E-state index < -0.39 is 11.9 Å². The van der Waals surface area contributed by atoms with Gasteiger partial charge in [0.25, 0.3) is 5.91 Å². The number of rotatable bonds is 4. The fourth-order valence-electron chi connectivity index (χ4n) is 1.69. The first-order valence-corrected chi connectivity index (χ1v) is 5.86. The number of carboxylic acids is 1. The van der Waals surface area contributed by atoms with Gasteiger partial charge in [0.2, 0.25) is 0 Å². The largest absolute Gasteiger partial charge is 0.478 e. The molecule has 1 aromatic heterocycles. The summed E-state index contributed by atoms with van der Waals surface area (Å²) in [5.41, 5.74) is 5.51. The summed E-state index contributed by atoms with van der Waals surface area (Å²) in [7, 11) is 0. The number of hydrogen-bond donors (Lipinski definition) is 2. The van der Waals surface area contributed by atoms with Gasteiger partial charge in [-0.05, 0) is 24.3 Å². The van der Waals surface area contributed by atoms with Crippen LogP contribution < -0.4 is 5.73 Å². The molecule has 104 valence electrons. The van der Waals surface area contributed by atoms with Crippen LogP contribution in [0.3, 0.4) is 0 Å². The van der Waals surface area contributed by atoms with Gasteiger partial charge in [-0.2, -0.15) is 5.26 Å². The number of nitriles is 1. The molecule has 3 N–H and O–H groups in total. The van der Waals surface area contributed by atoms with Crippen molar-refractivity contribution in [1.82, 2.24) is 0 Å². The highest BCUT2D eigenvalue weighted by molar-refractivity contribution is 6.00. The van der Waals surface area contributed by atoms with E-state index in [-0.39, 0.29) is 16.9 Å². The van der Waals surface area contributed by atoms with E-state index in [0.29, 0.717) is 11.3 Å². The number of carbonyl (C=O) groups excluding carboxylic acids is 1. The normalized spacial score (nSPS) is 10.9. The fraction of sp³-hybridized carbons (Fsp3) is 0. The molecule has 0 aliphatic carbocycles. The van der Waals surface area contributed by atoms with E-state index in [1.165, 1.54) is 18.2 Å². The lowest BCUT2D eigenvalue weighted by Crippen LogP contribution is -2.12. The van der Waals surface area contributed by atoms with Gasteiger partial charge in [0.15, 0.2) is 0 Å². The Morgan fingerprint density at radius 3 is 2.67 bits per heavy atom. The number of nitrogens with zero attached hydrogens (tertiary/aromatic N) is 1. The van der Waals surface area contributed by atoms with E-state index in [0.717, 1.165) is 0 Å². The molecule has 0 fully saturated rings. The summed E-state index contributed by atoms with van der Waals surface area (Å²) in [5, 5.41) is 17.7. The molecule has 0 saturated carbocycles. The van der Waals surface area contributed by atoms with Gasteiger partial charge in [-0.3, -0.25) is 4.79 Å². The number of aromatic carboxylic acids is 1. The molecule has 0 spiro atoms. The molecule has 6 nitrogen and oxygen atoms in total. The Hall–Kier alpha value is -3.33. The third kappa shape index (κ3) is 3.16. The van der Waals surface area contributed by atoms with Crippen LogP contribution in [0.4, 0.5) is 0 Å². The third-order valence-corrected chi connectivity index (χ3v) is 2.69. The molecular weight excluding hydrogens is 272 g/mol. The Morgan fingerprint density at radius 1 is 1.29 bits per heavy atom. The molecule has 1 amide bonds. The van der Waals surface area contributed by atoms with Crippen molar-refractivity contribution in [3.05, 3.63) is 53.3 Å². The van der Waals surface area contributed by atoms with Crippen molar-refractivity contribution in [2.45, 2.75) is 0 Å². The van der Waals surface area contributed by atoms with Crippen molar-refractivity contribution in [3.8, 4) is 17.4 Å². The van der Waals surface area contributed by atoms with Crippen molar-refractivity contribution in [3.63, 3.8) is 0 Å². The topological polar surface area (TPSA) is 117 Å². The number of hydrogen-bond acceptors (Lipinski definition) is 4. The minimum Gasteiger partial charge on any atom is -0.478 e. The number of furan rings is 1.